The van der Waals surface area contributed by atoms with Crippen molar-refractivity contribution in [2.45, 2.75) is 25.3 Å². The number of anilines is 2. The summed E-state index contributed by atoms with van der Waals surface area (Å²) in [6.07, 6.45) is -7.70. The molecule has 6 nitrogen and oxygen atoms in total. The average Bonchev–Trinajstić information content (AvgIpc) is 2.60. The first-order valence-electron chi connectivity index (χ1n) is 8.74. The summed E-state index contributed by atoms with van der Waals surface area (Å²) in [5.74, 6) is 5.24. The fraction of sp³-hybridized carbons (Fsp3) is 0.368. The molecule has 0 aromatic heterocycles. The molecule has 0 saturated carbocycles. The molecule has 9 heteroatoms. The van der Waals surface area contributed by atoms with Crippen molar-refractivity contribution in [3.8, 4) is 11.1 Å². The van der Waals surface area contributed by atoms with Crippen LogP contribution in [-0.4, -0.2) is 35.6 Å². The second kappa shape index (κ2) is 7.96. The Hall–Kier alpha value is -2.33. The van der Waals surface area contributed by atoms with Crippen molar-refractivity contribution in [2.75, 3.05) is 23.5 Å². The lowest BCUT2D eigenvalue weighted by Crippen LogP contribution is -2.51. The zero-order valence-corrected chi connectivity index (χ0v) is 15.1. The zero-order chi connectivity index (χ0) is 20.5. The lowest BCUT2D eigenvalue weighted by Gasteiger charge is -2.43. The Morgan fingerprint density at radius 2 is 1.82 bits per heavy atom. The molecule has 2 aromatic carbocycles. The molecule has 1 aliphatic rings. The van der Waals surface area contributed by atoms with Gasteiger partial charge in [-0.15, -0.1) is 0 Å². The second-order valence-electron chi connectivity index (χ2n) is 6.93. The third-order valence-corrected chi connectivity index (χ3v) is 4.95. The molecular weight excluding hydrogens is 375 g/mol. The summed E-state index contributed by atoms with van der Waals surface area (Å²) in [5.41, 5.74) is 4.92. The van der Waals surface area contributed by atoms with Gasteiger partial charge in [-0.3, -0.25) is 0 Å². The van der Waals surface area contributed by atoms with E-state index >= 15 is 0 Å². The third kappa shape index (κ3) is 4.22. The number of halogens is 3. The molecule has 28 heavy (non-hydrogen) atoms. The normalized spacial score (nSPS) is 17.2. The van der Waals surface area contributed by atoms with Gasteiger partial charge < -0.3 is 15.1 Å². The van der Waals surface area contributed by atoms with E-state index in [1.807, 2.05) is 4.90 Å². The summed E-state index contributed by atoms with van der Waals surface area (Å²) in [7, 11) is 0. The van der Waals surface area contributed by atoms with E-state index in [0.29, 0.717) is 29.9 Å². The van der Waals surface area contributed by atoms with Gasteiger partial charge in [0.05, 0.1) is 17.5 Å². The largest absolute Gasteiger partial charge is 0.418 e. The van der Waals surface area contributed by atoms with E-state index in [1.54, 1.807) is 31.2 Å². The highest BCUT2D eigenvalue weighted by molar-refractivity contribution is 5.78. The Balaban J connectivity index is 1.92. The summed E-state index contributed by atoms with van der Waals surface area (Å²) >= 11 is 0. The highest BCUT2D eigenvalue weighted by atomic mass is 19.4. The molecule has 2 unspecified atom stereocenters. The van der Waals surface area contributed by atoms with Crippen LogP contribution in [0.2, 0.25) is 0 Å². The van der Waals surface area contributed by atoms with Crippen LogP contribution >= 0.6 is 0 Å². The molecule has 1 aliphatic heterocycles. The fourth-order valence-corrected chi connectivity index (χ4v) is 3.21. The van der Waals surface area contributed by atoms with Crippen LogP contribution in [0.4, 0.5) is 24.5 Å². The number of nitrogens with two attached hydrogens (primary N) is 1. The van der Waals surface area contributed by atoms with E-state index < -0.39 is 18.4 Å². The number of aliphatic hydroxyl groups excluding tert-OH is 2. The van der Waals surface area contributed by atoms with Crippen molar-refractivity contribution in [2.24, 2.45) is 11.8 Å². The smallest absolute Gasteiger partial charge is 0.393 e. The van der Waals surface area contributed by atoms with E-state index in [4.69, 9.17) is 5.90 Å². The minimum absolute atomic E-state index is 0.139. The van der Waals surface area contributed by atoms with E-state index in [0.717, 1.165) is 5.69 Å². The highest BCUT2D eigenvalue weighted by Gasteiger charge is 2.39. The van der Waals surface area contributed by atoms with Gasteiger partial charge >= 0.3 is 6.18 Å². The monoisotopic (exact) mass is 397 g/mol. The molecule has 1 fully saturated rings. The van der Waals surface area contributed by atoms with Crippen LogP contribution in [-0.2, 0) is 4.94 Å². The van der Waals surface area contributed by atoms with Gasteiger partial charge in [0.15, 0.2) is 6.10 Å². The van der Waals surface area contributed by atoms with Gasteiger partial charge in [0.2, 0.25) is 0 Å². The number of hydrogen-bond donors (Lipinski definition) is 4. The van der Waals surface area contributed by atoms with Crippen molar-refractivity contribution in [3.63, 3.8) is 0 Å². The molecule has 1 saturated heterocycles. The second-order valence-corrected chi connectivity index (χ2v) is 6.93. The van der Waals surface area contributed by atoms with Crippen LogP contribution in [0.25, 0.3) is 11.1 Å². The Morgan fingerprint density at radius 1 is 1.14 bits per heavy atom. The van der Waals surface area contributed by atoms with Crippen molar-refractivity contribution in [1.82, 2.24) is 0 Å². The Kier molecular flexibility index (Phi) is 5.80. The first-order chi connectivity index (χ1) is 13.2. The quantitative estimate of drug-likeness (QED) is 0.561. The van der Waals surface area contributed by atoms with Gasteiger partial charge in [-0.25, -0.2) is 5.48 Å². The van der Waals surface area contributed by atoms with Gasteiger partial charge in [0.1, 0.15) is 0 Å². The third-order valence-electron chi connectivity index (χ3n) is 4.95. The molecule has 5 N–H and O–H groups in total. The molecule has 0 amide bonds. The maximum absolute atomic E-state index is 12.8. The van der Waals surface area contributed by atoms with Crippen molar-refractivity contribution >= 4 is 11.4 Å². The van der Waals surface area contributed by atoms with Crippen LogP contribution in [0.5, 0.6) is 0 Å². The molecule has 0 aliphatic carbocycles. The number of hydrogen-bond acceptors (Lipinski definition) is 6. The van der Waals surface area contributed by atoms with E-state index in [-0.39, 0.29) is 11.5 Å². The Bertz CT molecular complexity index is 824. The Morgan fingerprint density at radius 3 is 2.43 bits per heavy atom. The zero-order valence-electron chi connectivity index (χ0n) is 15.1. The fourth-order valence-electron chi connectivity index (χ4n) is 3.21. The molecular formula is C19H22F3N3O3. The average molecular weight is 397 g/mol. The minimum Gasteiger partial charge on any atom is -0.393 e. The number of nitrogens with one attached hydrogen (secondary N) is 1. The summed E-state index contributed by atoms with van der Waals surface area (Å²) in [5, 5.41) is 19.2. The van der Waals surface area contributed by atoms with Gasteiger partial charge in [-0.2, -0.15) is 24.0 Å². The molecule has 0 bridgehead atoms. The van der Waals surface area contributed by atoms with Crippen LogP contribution in [0.15, 0.2) is 42.5 Å². The lowest BCUT2D eigenvalue weighted by molar-refractivity contribution is -0.206. The van der Waals surface area contributed by atoms with Crippen LogP contribution in [0, 0.1) is 5.92 Å². The first-order valence-corrected chi connectivity index (χ1v) is 8.74. The molecule has 2 atom stereocenters. The van der Waals surface area contributed by atoms with E-state index in [9.17, 15) is 23.4 Å². The van der Waals surface area contributed by atoms with Crippen molar-refractivity contribution in [1.29, 1.82) is 0 Å². The lowest BCUT2D eigenvalue weighted by atomic mass is 9.93. The summed E-state index contributed by atoms with van der Waals surface area (Å²) in [6, 6.07) is 10.9. The predicted molar refractivity (Wildman–Crippen MR) is 99.2 cm³/mol. The predicted octanol–water partition coefficient (Wildman–Crippen LogP) is 2.98. The molecule has 2 aromatic rings. The standard InChI is InChI=1S/C19H22F3N3O3/c1-11(26)15-9-25(10-15)17-8-13(5-6-16(17)24-28-23)12-3-2-4-14(7-12)18(27)19(20,21)22/h2-8,11,15,18,24,26-27H,9-10,23H2,1H3. The number of nitrogens with zero attached hydrogens (tertiary/aromatic N) is 1. The SMILES string of the molecule is CC(O)C1CN(c2cc(-c3cccc(C(O)C(F)(F)F)c3)ccc2NON)C1. The highest BCUT2D eigenvalue weighted by Crippen LogP contribution is 2.38. The summed E-state index contributed by atoms with van der Waals surface area (Å²) in [6.45, 7) is 3.00. The van der Waals surface area contributed by atoms with Crippen molar-refractivity contribution in [3.05, 3.63) is 48.0 Å². The molecule has 152 valence electrons. The first kappa shape index (κ1) is 20.4. The van der Waals surface area contributed by atoms with Gasteiger partial charge in [0, 0.05) is 19.0 Å². The van der Waals surface area contributed by atoms with E-state index in [2.05, 4.69) is 10.4 Å². The number of aliphatic hydroxyl groups is 2. The Labute approximate surface area is 160 Å². The maximum Gasteiger partial charge on any atom is 0.418 e. The van der Waals surface area contributed by atoms with Gasteiger partial charge in [0.25, 0.3) is 0 Å². The van der Waals surface area contributed by atoms with Gasteiger partial charge in [-0.05, 0) is 41.8 Å². The molecule has 0 spiro atoms. The molecule has 1 heterocycles. The maximum atomic E-state index is 12.8. The van der Waals surface area contributed by atoms with E-state index in [1.165, 1.54) is 18.2 Å². The van der Waals surface area contributed by atoms with Crippen molar-refractivity contribution < 1.29 is 28.3 Å². The summed E-state index contributed by atoms with van der Waals surface area (Å²) in [4.78, 5) is 6.52. The van der Waals surface area contributed by atoms with Crippen LogP contribution in [0.1, 0.15) is 18.6 Å². The number of alkyl halides is 3. The van der Waals surface area contributed by atoms with Crippen LogP contribution < -0.4 is 16.3 Å². The van der Waals surface area contributed by atoms with Crippen LogP contribution in [0.3, 0.4) is 0 Å². The number of rotatable bonds is 6. The summed E-state index contributed by atoms with van der Waals surface area (Å²) < 4.78 is 38.5. The molecule has 3 rings (SSSR count). The van der Waals surface area contributed by atoms with Gasteiger partial charge in [-0.1, -0.05) is 24.3 Å². The molecule has 0 radical (unpaired) electrons. The number of benzene rings is 2. The topological polar surface area (TPSA) is 91.0 Å². The minimum atomic E-state index is -4.73.